The second-order valence-electron chi connectivity index (χ2n) is 8.00. The van der Waals surface area contributed by atoms with Gasteiger partial charge < -0.3 is 15.2 Å². The van der Waals surface area contributed by atoms with E-state index in [1.165, 1.54) is 12.1 Å². The molecule has 1 aliphatic heterocycles. The van der Waals surface area contributed by atoms with Crippen molar-refractivity contribution < 1.29 is 13.2 Å². The number of hydrogen-bond donors (Lipinski definition) is 3. The molecule has 3 heterocycles. The number of nitrogens with zero attached hydrogens (tertiary/aromatic N) is 3. The molecular weight excluding hydrogens is 440 g/mol. The standard InChI is InChI=1S/C20H21ClN6O3S/c21-16-15-10-12-11-23-19(24-13-4-6-14(7-5-13)31(22,29)30)26-17(12)27(15)20(18(28)25-16)8-2-1-3-9-20/h4-7,10-11,16H,1-3,8-9H2,(H,25,28)(H2,22,29,30)(H,23,24,26). The van der Waals surface area contributed by atoms with Crippen LogP contribution in [0.25, 0.3) is 11.0 Å². The zero-order valence-electron chi connectivity index (χ0n) is 16.5. The van der Waals surface area contributed by atoms with Gasteiger partial charge in [-0.05, 0) is 43.2 Å². The number of nitrogens with two attached hydrogens (primary N) is 1. The summed E-state index contributed by atoms with van der Waals surface area (Å²) in [5.74, 6) is 0.267. The molecule has 0 bridgehead atoms. The van der Waals surface area contributed by atoms with Gasteiger partial charge in [-0.3, -0.25) is 4.79 Å². The van der Waals surface area contributed by atoms with E-state index in [1.54, 1.807) is 18.3 Å². The van der Waals surface area contributed by atoms with Gasteiger partial charge in [-0.25, -0.2) is 18.5 Å². The molecule has 1 saturated carbocycles. The molecule has 31 heavy (non-hydrogen) atoms. The monoisotopic (exact) mass is 460 g/mol. The molecule has 2 aromatic heterocycles. The Bertz CT molecular complexity index is 1280. The highest BCUT2D eigenvalue weighted by Crippen LogP contribution is 2.44. The molecule has 1 aromatic carbocycles. The average Bonchev–Trinajstić information content (AvgIpc) is 3.13. The minimum Gasteiger partial charge on any atom is -0.333 e. The zero-order chi connectivity index (χ0) is 21.8. The average molecular weight is 461 g/mol. The van der Waals surface area contributed by atoms with Crippen molar-refractivity contribution in [3.63, 3.8) is 0 Å². The Morgan fingerprint density at radius 1 is 1.19 bits per heavy atom. The minimum absolute atomic E-state index is 0.0217. The summed E-state index contributed by atoms with van der Waals surface area (Å²) in [6.45, 7) is 0. The molecule has 1 unspecified atom stereocenters. The molecule has 1 spiro atoms. The Kier molecular flexibility index (Phi) is 4.68. The van der Waals surface area contributed by atoms with E-state index in [1.807, 2.05) is 10.6 Å². The van der Waals surface area contributed by atoms with Crippen molar-refractivity contribution in [1.29, 1.82) is 0 Å². The molecular formula is C20H21ClN6O3S. The first-order valence-corrected chi connectivity index (χ1v) is 12.0. The maximum atomic E-state index is 13.0. The number of rotatable bonds is 3. The summed E-state index contributed by atoms with van der Waals surface area (Å²) >= 11 is 6.46. The van der Waals surface area contributed by atoms with E-state index in [-0.39, 0.29) is 10.8 Å². The fraction of sp³-hybridized carbons (Fsp3) is 0.350. The highest BCUT2D eigenvalue weighted by Gasteiger charge is 2.48. The van der Waals surface area contributed by atoms with Crippen LogP contribution in [-0.2, 0) is 20.4 Å². The number of benzene rings is 1. The number of nitrogens with one attached hydrogen (secondary N) is 2. The van der Waals surface area contributed by atoms with E-state index >= 15 is 0 Å². The number of fused-ring (bicyclic) bond motifs is 4. The van der Waals surface area contributed by atoms with E-state index < -0.39 is 21.1 Å². The first-order valence-electron chi connectivity index (χ1n) is 10.0. The second-order valence-corrected chi connectivity index (χ2v) is 10.00. The van der Waals surface area contributed by atoms with Crippen molar-refractivity contribution in [2.24, 2.45) is 5.14 Å². The summed E-state index contributed by atoms with van der Waals surface area (Å²) in [5, 5.41) is 11.9. The molecule has 162 valence electrons. The van der Waals surface area contributed by atoms with Crippen molar-refractivity contribution in [3.8, 4) is 0 Å². The van der Waals surface area contributed by atoms with Crippen molar-refractivity contribution in [2.45, 2.75) is 48.0 Å². The van der Waals surface area contributed by atoms with Crippen molar-refractivity contribution in [1.82, 2.24) is 19.9 Å². The van der Waals surface area contributed by atoms with E-state index in [9.17, 15) is 13.2 Å². The summed E-state index contributed by atoms with van der Waals surface area (Å²) in [7, 11) is -3.76. The fourth-order valence-corrected chi connectivity index (χ4v) is 5.35. The van der Waals surface area contributed by atoms with E-state index in [2.05, 4.69) is 15.6 Å². The summed E-state index contributed by atoms with van der Waals surface area (Å²) in [6.07, 6.45) is 6.20. The third-order valence-corrected chi connectivity index (χ3v) is 7.32. The number of sulfonamides is 1. The third kappa shape index (κ3) is 3.35. The Labute approximate surface area is 184 Å². The normalized spacial score (nSPS) is 20.5. The number of primary sulfonamides is 1. The lowest BCUT2D eigenvalue weighted by Gasteiger charge is -2.43. The summed E-state index contributed by atoms with van der Waals surface area (Å²) in [4.78, 5) is 22.1. The minimum atomic E-state index is -3.76. The number of anilines is 2. The first kappa shape index (κ1) is 20.2. The Balaban J connectivity index is 1.57. The van der Waals surface area contributed by atoms with Crippen LogP contribution in [0.4, 0.5) is 11.6 Å². The molecule has 4 N–H and O–H groups in total. The lowest BCUT2D eigenvalue weighted by Crippen LogP contribution is -2.55. The van der Waals surface area contributed by atoms with Gasteiger partial charge in [-0.1, -0.05) is 30.9 Å². The number of carbonyl (C=O) groups excluding carboxylic acids is 1. The summed E-state index contributed by atoms with van der Waals surface area (Å²) in [5.41, 5.74) is 0.746. The lowest BCUT2D eigenvalue weighted by molar-refractivity contribution is -0.133. The largest absolute Gasteiger partial charge is 0.333 e. The predicted octanol–water partition coefficient (Wildman–Crippen LogP) is 2.85. The molecule has 9 nitrogen and oxygen atoms in total. The van der Waals surface area contributed by atoms with Gasteiger partial charge in [0.25, 0.3) is 0 Å². The van der Waals surface area contributed by atoms with Crippen LogP contribution >= 0.6 is 11.6 Å². The Hall–Kier alpha value is -2.69. The molecule has 0 radical (unpaired) electrons. The number of carbonyl (C=O) groups is 1. The Morgan fingerprint density at radius 3 is 2.58 bits per heavy atom. The summed E-state index contributed by atoms with van der Waals surface area (Å²) < 4.78 is 24.9. The van der Waals surface area contributed by atoms with E-state index in [0.29, 0.717) is 17.3 Å². The molecule has 1 atom stereocenters. The van der Waals surface area contributed by atoms with Crippen molar-refractivity contribution in [3.05, 3.63) is 42.2 Å². The number of amides is 1. The lowest BCUT2D eigenvalue weighted by atomic mass is 9.79. The van der Waals surface area contributed by atoms with E-state index in [0.717, 1.165) is 43.2 Å². The van der Waals surface area contributed by atoms with Gasteiger partial charge in [0.15, 0.2) is 0 Å². The van der Waals surface area contributed by atoms with Gasteiger partial charge >= 0.3 is 0 Å². The third-order valence-electron chi connectivity index (χ3n) is 6.06. The van der Waals surface area contributed by atoms with E-state index in [4.69, 9.17) is 21.7 Å². The maximum Gasteiger partial charge on any atom is 0.247 e. The number of hydrogen-bond acceptors (Lipinski definition) is 6. The highest BCUT2D eigenvalue weighted by atomic mass is 35.5. The number of halogens is 1. The van der Waals surface area contributed by atoms with Crippen molar-refractivity contribution in [2.75, 3.05) is 5.32 Å². The second kappa shape index (κ2) is 7.18. The van der Waals surface area contributed by atoms with Crippen LogP contribution in [0.15, 0.2) is 41.4 Å². The van der Waals surface area contributed by atoms with Crippen LogP contribution < -0.4 is 15.8 Å². The summed E-state index contributed by atoms with van der Waals surface area (Å²) in [6, 6.07) is 7.93. The first-order chi connectivity index (χ1) is 14.8. The van der Waals surface area contributed by atoms with Gasteiger partial charge in [0, 0.05) is 17.3 Å². The molecule has 3 aromatic rings. The predicted molar refractivity (Wildman–Crippen MR) is 116 cm³/mol. The van der Waals surface area contributed by atoms with Gasteiger partial charge in [-0.2, -0.15) is 4.98 Å². The van der Waals surface area contributed by atoms with Crippen LogP contribution in [0.1, 0.15) is 43.3 Å². The molecule has 1 aliphatic carbocycles. The number of alkyl halides is 1. The van der Waals surface area contributed by atoms with Gasteiger partial charge in [0.1, 0.15) is 16.7 Å². The maximum absolute atomic E-state index is 13.0. The quantitative estimate of drug-likeness (QED) is 0.406. The van der Waals surface area contributed by atoms with Gasteiger partial charge in [0.05, 0.1) is 10.6 Å². The van der Waals surface area contributed by atoms with Crippen LogP contribution in [0.2, 0.25) is 0 Å². The van der Waals surface area contributed by atoms with Gasteiger partial charge in [-0.15, -0.1) is 0 Å². The number of aromatic nitrogens is 3. The topological polar surface area (TPSA) is 132 Å². The van der Waals surface area contributed by atoms with Crippen molar-refractivity contribution >= 4 is 50.2 Å². The molecule has 11 heteroatoms. The highest BCUT2D eigenvalue weighted by molar-refractivity contribution is 7.89. The SMILES string of the molecule is NS(=O)(=O)c1ccc(Nc2ncc3cc4n(c3n2)C2(CCCCC2)C(=O)NC4Cl)cc1. The fourth-order valence-electron chi connectivity index (χ4n) is 4.58. The molecule has 0 saturated heterocycles. The van der Waals surface area contributed by atoms with Crippen LogP contribution in [-0.4, -0.2) is 28.9 Å². The molecule has 2 aliphatic rings. The molecule has 1 amide bonds. The van der Waals surface area contributed by atoms with Crippen LogP contribution in [0.5, 0.6) is 0 Å². The molecule has 1 fully saturated rings. The van der Waals surface area contributed by atoms with Crippen LogP contribution in [0.3, 0.4) is 0 Å². The van der Waals surface area contributed by atoms with Crippen LogP contribution in [0, 0.1) is 0 Å². The zero-order valence-corrected chi connectivity index (χ0v) is 18.1. The molecule has 5 rings (SSSR count). The Morgan fingerprint density at radius 2 is 1.90 bits per heavy atom. The van der Waals surface area contributed by atoms with Gasteiger partial charge in [0.2, 0.25) is 21.9 Å². The smallest absolute Gasteiger partial charge is 0.247 e.